The van der Waals surface area contributed by atoms with E-state index in [1.807, 2.05) is 30.3 Å². The van der Waals surface area contributed by atoms with Crippen molar-refractivity contribution in [1.29, 1.82) is 0 Å². The number of carbonyl (C=O) groups excluding carboxylic acids is 2. The van der Waals surface area contributed by atoms with Gasteiger partial charge in [0.15, 0.2) is 6.61 Å². The van der Waals surface area contributed by atoms with E-state index in [0.717, 1.165) is 5.56 Å². The minimum absolute atomic E-state index is 0.199. The van der Waals surface area contributed by atoms with Crippen LogP contribution < -0.4 is 5.32 Å². The van der Waals surface area contributed by atoms with Gasteiger partial charge in [-0.3, -0.25) is 9.48 Å². The molecule has 26 heavy (non-hydrogen) atoms. The van der Waals surface area contributed by atoms with Crippen molar-refractivity contribution >= 4 is 11.9 Å². The first-order chi connectivity index (χ1) is 12.2. The first-order valence-corrected chi connectivity index (χ1v) is 7.76. The number of amides is 1. The van der Waals surface area contributed by atoms with Crippen molar-refractivity contribution in [2.45, 2.75) is 26.6 Å². The third kappa shape index (κ3) is 5.33. The lowest BCUT2D eigenvalue weighted by atomic mass is 10.2. The van der Waals surface area contributed by atoms with Gasteiger partial charge in [0.05, 0.1) is 17.9 Å². The Hall–Kier alpha value is -2.84. The van der Waals surface area contributed by atoms with Gasteiger partial charge in [-0.15, -0.1) is 0 Å². The van der Waals surface area contributed by atoms with E-state index >= 15 is 0 Å². The van der Waals surface area contributed by atoms with Gasteiger partial charge >= 0.3 is 12.1 Å². The summed E-state index contributed by atoms with van der Waals surface area (Å²) in [5.74, 6) is -1.83. The van der Waals surface area contributed by atoms with Crippen LogP contribution in [-0.4, -0.2) is 41.0 Å². The van der Waals surface area contributed by atoms with Gasteiger partial charge < -0.3 is 10.1 Å². The maximum atomic E-state index is 12.2. The smallest absolute Gasteiger partial charge is 0.405 e. The number of aryl methyl sites for hydroxylation is 1. The van der Waals surface area contributed by atoms with Crippen molar-refractivity contribution in [1.82, 2.24) is 15.1 Å². The van der Waals surface area contributed by atoms with Gasteiger partial charge in [0, 0.05) is 0 Å². The summed E-state index contributed by atoms with van der Waals surface area (Å²) in [4.78, 5) is 23.5. The Labute approximate surface area is 147 Å². The fourth-order valence-corrected chi connectivity index (χ4v) is 2.36. The first kappa shape index (κ1) is 19.5. The molecule has 0 atom stereocenters. The van der Waals surface area contributed by atoms with Crippen LogP contribution in [0.25, 0.3) is 0 Å². The van der Waals surface area contributed by atoms with Crippen LogP contribution in [0.2, 0.25) is 0 Å². The van der Waals surface area contributed by atoms with Crippen LogP contribution in [0.3, 0.4) is 0 Å². The molecule has 1 N–H and O–H groups in total. The lowest BCUT2D eigenvalue weighted by Gasteiger charge is -2.09. The summed E-state index contributed by atoms with van der Waals surface area (Å²) in [6, 6.07) is 9.49. The number of esters is 1. The molecule has 1 aromatic heterocycles. The molecule has 0 radical (unpaired) electrons. The number of ether oxygens (including phenoxy) is 1. The zero-order valence-electron chi connectivity index (χ0n) is 14.3. The van der Waals surface area contributed by atoms with E-state index in [2.05, 4.69) is 5.10 Å². The highest BCUT2D eigenvalue weighted by Crippen LogP contribution is 2.16. The average Bonchev–Trinajstić information content (AvgIpc) is 2.85. The van der Waals surface area contributed by atoms with Crippen molar-refractivity contribution < 1.29 is 27.5 Å². The van der Waals surface area contributed by atoms with Crippen molar-refractivity contribution in [3.05, 3.63) is 52.8 Å². The van der Waals surface area contributed by atoms with Crippen molar-refractivity contribution in [3.8, 4) is 0 Å². The molecule has 0 aliphatic carbocycles. The molecule has 140 valence electrons. The van der Waals surface area contributed by atoms with Gasteiger partial charge in [0.25, 0.3) is 5.91 Å². The monoisotopic (exact) mass is 369 g/mol. The molecule has 0 saturated heterocycles. The summed E-state index contributed by atoms with van der Waals surface area (Å²) >= 11 is 0. The molecule has 6 nitrogen and oxygen atoms in total. The fourth-order valence-electron chi connectivity index (χ4n) is 2.36. The van der Waals surface area contributed by atoms with Crippen molar-refractivity contribution in [2.24, 2.45) is 0 Å². The number of carbonyl (C=O) groups is 2. The summed E-state index contributed by atoms with van der Waals surface area (Å²) in [6.07, 6.45) is -4.52. The summed E-state index contributed by atoms with van der Waals surface area (Å²) in [6.45, 7) is 1.49. The number of nitrogens with one attached hydrogen (secondary N) is 1. The molecule has 0 bridgehead atoms. The average molecular weight is 369 g/mol. The highest BCUT2D eigenvalue weighted by atomic mass is 19.4. The summed E-state index contributed by atoms with van der Waals surface area (Å²) < 4.78 is 42.5. The van der Waals surface area contributed by atoms with E-state index in [1.54, 1.807) is 23.8 Å². The number of rotatable bonds is 6. The molecule has 1 amide bonds. The molecule has 9 heteroatoms. The van der Waals surface area contributed by atoms with Crippen LogP contribution in [0, 0.1) is 13.8 Å². The molecule has 1 heterocycles. The molecule has 2 aromatic rings. The molecule has 0 saturated carbocycles. The topological polar surface area (TPSA) is 73.2 Å². The second-order valence-electron chi connectivity index (χ2n) is 5.66. The van der Waals surface area contributed by atoms with Crippen molar-refractivity contribution in [2.75, 3.05) is 13.2 Å². The van der Waals surface area contributed by atoms with E-state index in [-0.39, 0.29) is 5.56 Å². The highest BCUT2D eigenvalue weighted by molar-refractivity contribution is 5.93. The van der Waals surface area contributed by atoms with E-state index < -0.39 is 31.2 Å². The number of aromatic nitrogens is 2. The van der Waals surface area contributed by atoms with Gasteiger partial charge in [-0.05, 0) is 19.4 Å². The van der Waals surface area contributed by atoms with Crippen LogP contribution >= 0.6 is 0 Å². The third-order valence-electron chi connectivity index (χ3n) is 3.58. The summed E-state index contributed by atoms with van der Waals surface area (Å²) in [5, 5.41) is 5.92. The lowest BCUT2D eigenvalue weighted by molar-refractivity contribution is -0.140. The molecule has 1 aromatic carbocycles. The summed E-state index contributed by atoms with van der Waals surface area (Å²) in [7, 11) is 0. The van der Waals surface area contributed by atoms with Gasteiger partial charge in [0.2, 0.25) is 0 Å². The van der Waals surface area contributed by atoms with Gasteiger partial charge in [-0.25, -0.2) is 4.79 Å². The van der Waals surface area contributed by atoms with Gasteiger partial charge in [0.1, 0.15) is 12.1 Å². The Morgan fingerprint density at radius 3 is 2.46 bits per heavy atom. The van der Waals surface area contributed by atoms with Crippen LogP contribution in [0.1, 0.15) is 27.3 Å². The lowest BCUT2D eigenvalue weighted by Crippen LogP contribution is -2.36. The van der Waals surface area contributed by atoms with Gasteiger partial charge in [-0.1, -0.05) is 30.3 Å². The largest absolute Gasteiger partial charge is 0.452 e. The van der Waals surface area contributed by atoms with Crippen LogP contribution in [0.5, 0.6) is 0 Å². The number of alkyl halides is 3. The molecule has 0 fully saturated rings. The fraction of sp³-hybridized carbons (Fsp3) is 0.353. The third-order valence-corrected chi connectivity index (χ3v) is 3.58. The zero-order valence-corrected chi connectivity index (χ0v) is 14.3. The minimum atomic E-state index is -4.52. The molecule has 0 aliphatic heterocycles. The van der Waals surface area contributed by atoms with E-state index in [1.165, 1.54) is 0 Å². The molecule has 2 rings (SSSR count). The predicted octanol–water partition coefficient (Wildman–Crippen LogP) is 2.38. The highest BCUT2D eigenvalue weighted by Gasteiger charge is 2.28. The predicted molar refractivity (Wildman–Crippen MR) is 86.6 cm³/mol. The molecular weight excluding hydrogens is 351 g/mol. The van der Waals surface area contributed by atoms with E-state index in [9.17, 15) is 22.8 Å². The Balaban J connectivity index is 2.00. The zero-order chi connectivity index (χ0) is 19.3. The second kappa shape index (κ2) is 8.03. The maximum Gasteiger partial charge on any atom is 0.405 e. The number of hydrogen-bond acceptors (Lipinski definition) is 4. The Morgan fingerprint density at radius 1 is 1.19 bits per heavy atom. The Bertz CT molecular complexity index is 786. The molecule has 0 aliphatic rings. The second-order valence-corrected chi connectivity index (χ2v) is 5.66. The van der Waals surface area contributed by atoms with E-state index in [4.69, 9.17) is 4.74 Å². The Kier molecular flexibility index (Phi) is 6.01. The number of halogens is 3. The number of nitrogens with zero attached hydrogens (tertiary/aromatic N) is 2. The standard InChI is InChI=1S/C17H18F3N3O3/c1-11-15(16(25)26-9-14(24)21-10-17(18,19)20)12(2)23(22-11)8-13-6-4-3-5-7-13/h3-7H,8-10H2,1-2H3,(H,21,24). The van der Waals surface area contributed by atoms with Crippen LogP contribution in [-0.2, 0) is 16.1 Å². The first-order valence-electron chi connectivity index (χ1n) is 7.76. The minimum Gasteiger partial charge on any atom is -0.452 e. The SMILES string of the molecule is Cc1nn(Cc2ccccc2)c(C)c1C(=O)OCC(=O)NCC(F)(F)F. The summed E-state index contributed by atoms with van der Waals surface area (Å²) in [5.41, 5.74) is 2.15. The van der Waals surface area contributed by atoms with E-state index in [0.29, 0.717) is 17.9 Å². The number of benzene rings is 1. The normalized spacial score (nSPS) is 11.3. The molecular formula is C17H18F3N3O3. The maximum absolute atomic E-state index is 12.2. The quantitative estimate of drug-likeness (QED) is 0.794. The van der Waals surface area contributed by atoms with Crippen LogP contribution in [0.4, 0.5) is 13.2 Å². The van der Waals surface area contributed by atoms with Crippen molar-refractivity contribution in [3.63, 3.8) is 0 Å². The molecule has 0 unspecified atom stereocenters. The molecule has 0 spiro atoms. The Morgan fingerprint density at radius 2 is 1.85 bits per heavy atom. The number of hydrogen-bond donors (Lipinski definition) is 1. The van der Waals surface area contributed by atoms with Crippen LogP contribution in [0.15, 0.2) is 30.3 Å². The van der Waals surface area contributed by atoms with Gasteiger partial charge in [-0.2, -0.15) is 18.3 Å².